The number of rotatable bonds is 11. The van der Waals surface area contributed by atoms with Crippen LogP contribution in [0.3, 0.4) is 0 Å². The van der Waals surface area contributed by atoms with E-state index in [2.05, 4.69) is 90.2 Å². The highest BCUT2D eigenvalue weighted by atomic mass is 16.7. The Kier molecular flexibility index (Phi) is 10.8. The third-order valence-electron chi connectivity index (χ3n) is 8.28. The Morgan fingerprint density at radius 1 is 0.864 bits per heavy atom. The van der Waals surface area contributed by atoms with Crippen LogP contribution in [-0.4, -0.2) is 42.3 Å². The summed E-state index contributed by atoms with van der Waals surface area (Å²) in [5.41, 5.74) is 7.38. The molecule has 1 aliphatic rings. The van der Waals surface area contributed by atoms with Crippen LogP contribution in [0, 0.1) is 0 Å². The second-order valence-electron chi connectivity index (χ2n) is 11.4. The van der Waals surface area contributed by atoms with E-state index in [9.17, 15) is 9.90 Å². The summed E-state index contributed by atoms with van der Waals surface area (Å²) < 4.78 is 13.2. The molecule has 230 valence electrons. The van der Waals surface area contributed by atoms with E-state index in [4.69, 9.17) is 9.47 Å². The highest BCUT2D eigenvalue weighted by Crippen LogP contribution is 2.39. The third kappa shape index (κ3) is 8.12. The minimum Gasteiger partial charge on any atom is -0.392 e. The number of carbonyl (C=O) groups is 1. The first-order chi connectivity index (χ1) is 21.4. The van der Waals surface area contributed by atoms with Gasteiger partial charge in [0.25, 0.3) is 0 Å². The molecule has 3 N–H and O–H groups in total. The van der Waals surface area contributed by atoms with E-state index < -0.39 is 6.29 Å². The molecule has 4 aromatic rings. The summed E-state index contributed by atoms with van der Waals surface area (Å²) in [6.07, 6.45) is 0.0379. The lowest BCUT2D eigenvalue weighted by molar-refractivity contribution is -0.253. The standard InChI is InChI=1S/C37H43N3O4/c1-4-38-37(42)39-23-28-9-8-12-33(21-28)30-17-19-32(20-18-30)36-43-34(24-40(3)26(2)29-10-6-5-7-11-29)22-35(44-36)31-15-13-27(25-41)14-16-31/h5-21,26,34-36,41H,4,22-25H2,1-3H3,(H2,38,39,42)/t26-,34-,35+,36+/m0/s1. The molecule has 0 radical (unpaired) electrons. The molecule has 2 amide bonds. The molecule has 1 heterocycles. The van der Waals surface area contributed by atoms with Crippen molar-refractivity contribution in [2.75, 3.05) is 20.1 Å². The number of nitrogens with one attached hydrogen (secondary N) is 2. The van der Waals surface area contributed by atoms with Crippen molar-refractivity contribution in [2.24, 2.45) is 0 Å². The Morgan fingerprint density at radius 2 is 1.59 bits per heavy atom. The fourth-order valence-electron chi connectivity index (χ4n) is 5.60. The van der Waals surface area contributed by atoms with E-state index in [1.807, 2.05) is 49.4 Å². The highest BCUT2D eigenvalue weighted by molar-refractivity contribution is 5.73. The van der Waals surface area contributed by atoms with Gasteiger partial charge in [-0.3, -0.25) is 4.90 Å². The van der Waals surface area contributed by atoms with Gasteiger partial charge in [-0.1, -0.05) is 97.1 Å². The zero-order chi connectivity index (χ0) is 30.9. The molecule has 0 spiro atoms. The van der Waals surface area contributed by atoms with Gasteiger partial charge in [0, 0.05) is 37.7 Å². The van der Waals surface area contributed by atoms with Crippen molar-refractivity contribution >= 4 is 6.03 Å². The lowest BCUT2D eigenvalue weighted by atomic mass is 9.98. The predicted octanol–water partition coefficient (Wildman–Crippen LogP) is 6.90. The van der Waals surface area contributed by atoms with Crippen LogP contribution in [-0.2, 0) is 22.6 Å². The average Bonchev–Trinajstić information content (AvgIpc) is 3.07. The first-order valence-electron chi connectivity index (χ1n) is 15.4. The molecule has 44 heavy (non-hydrogen) atoms. The van der Waals surface area contributed by atoms with Crippen LogP contribution in [0.2, 0.25) is 0 Å². The fraction of sp³-hybridized carbons (Fsp3) is 0.324. The molecule has 0 bridgehead atoms. The summed E-state index contributed by atoms with van der Waals surface area (Å²) in [6.45, 7) is 5.95. The SMILES string of the molecule is CCNC(=O)NCc1cccc(-c2ccc([C@@H]3O[C@H](CN(C)[C@@H](C)c4ccccc4)C[C@H](c4ccc(CO)cc4)O3)cc2)c1. The number of benzene rings is 4. The van der Waals surface area contributed by atoms with Crippen LogP contribution in [0.1, 0.15) is 66.5 Å². The number of aliphatic hydroxyl groups is 1. The molecule has 1 saturated heterocycles. The first-order valence-corrected chi connectivity index (χ1v) is 15.4. The molecule has 7 nitrogen and oxygen atoms in total. The van der Waals surface area contributed by atoms with Crippen LogP contribution in [0.4, 0.5) is 4.79 Å². The molecule has 4 atom stereocenters. The van der Waals surface area contributed by atoms with Gasteiger partial charge in [0.1, 0.15) is 0 Å². The zero-order valence-electron chi connectivity index (χ0n) is 25.8. The lowest BCUT2D eigenvalue weighted by Gasteiger charge is -2.39. The van der Waals surface area contributed by atoms with Gasteiger partial charge in [0.15, 0.2) is 6.29 Å². The van der Waals surface area contributed by atoms with E-state index in [0.29, 0.717) is 13.1 Å². The number of ether oxygens (including phenoxy) is 2. The number of urea groups is 1. The predicted molar refractivity (Wildman–Crippen MR) is 174 cm³/mol. The molecule has 1 aliphatic heterocycles. The van der Waals surface area contributed by atoms with Gasteiger partial charge in [0.2, 0.25) is 0 Å². The monoisotopic (exact) mass is 593 g/mol. The van der Waals surface area contributed by atoms with Crippen molar-refractivity contribution in [3.8, 4) is 11.1 Å². The summed E-state index contributed by atoms with van der Waals surface area (Å²) in [7, 11) is 2.14. The maximum atomic E-state index is 11.8. The average molecular weight is 594 g/mol. The Morgan fingerprint density at radius 3 is 2.30 bits per heavy atom. The van der Waals surface area contributed by atoms with Gasteiger partial charge in [-0.15, -0.1) is 0 Å². The first kappa shape index (κ1) is 31.4. The highest BCUT2D eigenvalue weighted by Gasteiger charge is 2.33. The zero-order valence-corrected chi connectivity index (χ0v) is 25.8. The van der Waals surface area contributed by atoms with Crippen molar-refractivity contribution in [1.82, 2.24) is 15.5 Å². The normalized spacial score (nSPS) is 19.0. The molecule has 0 unspecified atom stereocenters. The summed E-state index contributed by atoms with van der Waals surface area (Å²) >= 11 is 0. The fourth-order valence-corrected chi connectivity index (χ4v) is 5.60. The minimum absolute atomic E-state index is 0.0162. The van der Waals surface area contributed by atoms with Crippen LogP contribution >= 0.6 is 0 Å². The molecule has 7 heteroatoms. The summed E-state index contributed by atoms with van der Waals surface area (Å²) in [5.74, 6) is 0. The van der Waals surface area contributed by atoms with Crippen molar-refractivity contribution in [3.63, 3.8) is 0 Å². The van der Waals surface area contributed by atoms with Crippen LogP contribution in [0.15, 0.2) is 103 Å². The van der Waals surface area contributed by atoms with E-state index in [1.54, 1.807) is 0 Å². The van der Waals surface area contributed by atoms with Gasteiger partial charge in [-0.2, -0.15) is 0 Å². The van der Waals surface area contributed by atoms with Crippen molar-refractivity contribution in [1.29, 1.82) is 0 Å². The molecule has 0 aliphatic carbocycles. The van der Waals surface area contributed by atoms with Crippen molar-refractivity contribution < 1.29 is 19.4 Å². The number of carbonyl (C=O) groups excluding carboxylic acids is 1. The van der Waals surface area contributed by atoms with Gasteiger partial charge < -0.3 is 25.2 Å². The van der Waals surface area contributed by atoms with Gasteiger partial charge in [-0.05, 0) is 60.3 Å². The second kappa shape index (κ2) is 15.1. The van der Waals surface area contributed by atoms with Crippen molar-refractivity contribution in [2.45, 2.75) is 58.0 Å². The van der Waals surface area contributed by atoms with Gasteiger partial charge in [-0.25, -0.2) is 4.79 Å². The van der Waals surface area contributed by atoms with Crippen LogP contribution < -0.4 is 10.6 Å². The Bertz CT molecular complexity index is 1480. The summed E-state index contributed by atoms with van der Waals surface area (Å²) in [4.78, 5) is 14.2. The maximum absolute atomic E-state index is 11.8. The number of amides is 2. The molecule has 4 aromatic carbocycles. The second-order valence-corrected chi connectivity index (χ2v) is 11.4. The van der Waals surface area contributed by atoms with E-state index in [-0.39, 0.29) is 30.9 Å². The number of nitrogens with zero attached hydrogens (tertiary/aromatic N) is 1. The molecule has 0 aromatic heterocycles. The number of hydrogen-bond donors (Lipinski definition) is 3. The molecule has 0 saturated carbocycles. The quantitative estimate of drug-likeness (QED) is 0.176. The maximum Gasteiger partial charge on any atom is 0.315 e. The van der Waals surface area contributed by atoms with E-state index >= 15 is 0 Å². The largest absolute Gasteiger partial charge is 0.392 e. The van der Waals surface area contributed by atoms with E-state index in [1.165, 1.54) is 5.56 Å². The van der Waals surface area contributed by atoms with E-state index in [0.717, 1.165) is 46.3 Å². The van der Waals surface area contributed by atoms with Crippen LogP contribution in [0.5, 0.6) is 0 Å². The Hall–Kier alpha value is -4.01. The summed E-state index contributed by atoms with van der Waals surface area (Å²) in [5, 5.41) is 15.2. The van der Waals surface area contributed by atoms with Gasteiger partial charge >= 0.3 is 6.03 Å². The van der Waals surface area contributed by atoms with Gasteiger partial charge in [0.05, 0.1) is 18.8 Å². The molecular formula is C37H43N3O4. The number of hydrogen-bond acceptors (Lipinski definition) is 5. The van der Waals surface area contributed by atoms with Crippen LogP contribution in [0.25, 0.3) is 11.1 Å². The molecule has 5 rings (SSSR count). The van der Waals surface area contributed by atoms with Crippen molar-refractivity contribution in [3.05, 3.63) is 131 Å². The molecule has 1 fully saturated rings. The number of aliphatic hydroxyl groups excluding tert-OH is 1. The third-order valence-corrected chi connectivity index (χ3v) is 8.28. The Balaban J connectivity index is 1.32. The minimum atomic E-state index is -0.515. The smallest absolute Gasteiger partial charge is 0.315 e. The lowest BCUT2D eigenvalue weighted by Crippen LogP contribution is -2.38. The Labute approximate surface area is 260 Å². The number of likely N-dealkylation sites (N-methyl/N-ethyl adjacent to an activating group) is 1. The summed E-state index contributed by atoms with van der Waals surface area (Å²) in [6, 6.07) is 35.1. The topological polar surface area (TPSA) is 83.1 Å². The molecular weight excluding hydrogens is 550 g/mol.